The van der Waals surface area contributed by atoms with Gasteiger partial charge in [-0.3, -0.25) is 9.69 Å². The van der Waals surface area contributed by atoms with Gasteiger partial charge in [0.25, 0.3) is 0 Å². The fourth-order valence-corrected chi connectivity index (χ4v) is 4.18. The zero-order valence-corrected chi connectivity index (χ0v) is 15.3. The van der Waals surface area contributed by atoms with Crippen molar-refractivity contribution >= 4 is 5.91 Å². The fraction of sp³-hybridized carbons (Fsp3) is 0.650. The van der Waals surface area contributed by atoms with Crippen molar-refractivity contribution in [3.63, 3.8) is 0 Å². The molecule has 0 N–H and O–H groups in total. The van der Waals surface area contributed by atoms with E-state index in [1.54, 1.807) is 0 Å². The number of ether oxygens (including phenoxy) is 1. The second-order valence-corrected chi connectivity index (χ2v) is 7.72. The Hall–Kier alpha value is -1.39. The van der Waals surface area contributed by atoms with E-state index in [0.29, 0.717) is 5.41 Å². The number of rotatable bonds is 3. The predicted molar refractivity (Wildman–Crippen MR) is 95.9 cm³/mol. The van der Waals surface area contributed by atoms with Crippen LogP contribution in [0.2, 0.25) is 0 Å². The fourth-order valence-electron chi connectivity index (χ4n) is 4.18. The van der Waals surface area contributed by atoms with Crippen LogP contribution in [0.4, 0.5) is 0 Å². The molecule has 4 heteroatoms. The van der Waals surface area contributed by atoms with E-state index in [4.69, 9.17) is 4.74 Å². The lowest BCUT2D eigenvalue weighted by atomic mass is 9.72. The monoisotopic (exact) mass is 330 g/mol. The van der Waals surface area contributed by atoms with Crippen molar-refractivity contribution in [3.8, 4) is 0 Å². The van der Waals surface area contributed by atoms with Crippen LogP contribution in [0.3, 0.4) is 0 Å². The Kier molecular flexibility index (Phi) is 5.26. The highest BCUT2D eigenvalue weighted by Crippen LogP contribution is 2.41. The summed E-state index contributed by atoms with van der Waals surface area (Å²) < 4.78 is 5.52. The van der Waals surface area contributed by atoms with E-state index in [9.17, 15) is 4.79 Å². The summed E-state index contributed by atoms with van der Waals surface area (Å²) in [5.41, 5.74) is 2.72. The summed E-state index contributed by atoms with van der Waals surface area (Å²) in [6.45, 7) is 5.62. The molecule has 1 amide bonds. The van der Waals surface area contributed by atoms with Gasteiger partial charge in [0, 0.05) is 26.3 Å². The van der Waals surface area contributed by atoms with Gasteiger partial charge in [-0.1, -0.05) is 29.8 Å². The molecule has 0 saturated carbocycles. The maximum Gasteiger partial charge on any atom is 0.244 e. The van der Waals surface area contributed by atoms with Gasteiger partial charge in [-0.2, -0.15) is 0 Å². The van der Waals surface area contributed by atoms with Crippen molar-refractivity contribution < 1.29 is 9.53 Å². The maximum absolute atomic E-state index is 13.2. The zero-order valence-electron chi connectivity index (χ0n) is 15.3. The molecule has 0 aromatic heterocycles. The molecule has 4 nitrogen and oxygen atoms in total. The van der Waals surface area contributed by atoms with Crippen molar-refractivity contribution in [1.82, 2.24) is 9.80 Å². The number of likely N-dealkylation sites (tertiary alicyclic amines) is 1. The Morgan fingerprint density at radius 2 is 1.83 bits per heavy atom. The van der Waals surface area contributed by atoms with Gasteiger partial charge >= 0.3 is 0 Å². The lowest BCUT2D eigenvalue weighted by Crippen LogP contribution is -2.48. The van der Waals surface area contributed by atoms with Crippen LogP contribution >= 0.6 is 0 Å². The number of hydrogen-bond donors (Lipinski definition) is 0. The highest BCUT2D eigenvalue weighted by molar-refractivity contribution is 5.83. The molecule has 0 radical (unpaired) electrons. The quantitative estimate of drug-likeness (QED) is 0.854. The van der Waals surface area contributed by atoms with Crippen molar-refractivity contribution in [2.75, 3.05) is 40.4 Å². The van der Waals surface area contributed by atoms with Gasteiger partial charge in [0.2, 0.25) is 5.91 Å². The van der Waals surface area contributed by atoms with Gasteiger partial charge in [-0.15, -0.1) is 0 Å². The van der Waals surface area contributed by atoms with E-state index >= 15 is 0 Å². The number of benzene rings is 1. The van der Waals surface area contributed by atoms with E-state index in [1.807, 2.05) is 25.1 Å². The molecule has 0 bridgehead atoms. The van der Waals surface area contributed by atoms with Crippen LogP contribution < -0.4 is 0 Å². The molecule has 2 aliphatic heterocycles. The van der Waals surface area contributed by atoms with E-state index in [-0.39, 0.29) is 11.9 Å². The smallest absolute Gasteiger partial charge is 0.244 e. The molecule has 2 saturated heterocycles. The molecule has 1 spiro atoms. The summed E-state index contributed by atoms with van der Waals surface area (Å²) in [6.07, 6.45) is 4.56. The van der Waals surface area contributed by atoms with Crippen molar-refractivity contribution in [1.29, 1.82) is 0 Å². The molecule has 1 aromatic carbocycles. The van der Waals surface area contributed by atoms with Crippen LogP contribution in [0.5, 0.6) is 0 Å². The summed E-state index contributed by atoms with van der Waals surface area (Å²) in [5, 5.41) is 0. The maximum atomic E-state index is 13.2. The van der Waals surface area contributed by atoms with Crippen LogP contribution in [0.15, 0.2) is 24.3 Å². The topological polar surface area (TPSA) is 32.8 Å². The van der Waals surface area contributed by atoms with Crippen molar-refractivity contribution in [3.05, 3.63) is 35.4 Å². The Morgan fingerprint density at radius 1 is 1.17 bits per heavy atom. The first kappa shape index (κ1) is 17.4. The molecule has 3 rings (SSSR count). The van der Waals surface area contributed by atoms with Gasteiger partial charge in [0.1, 0.15) is 6.04 Å². The average molecular weight is 330 g/mol. The molecule has 2 fully saturated rings. The normalized spacial score (nSPS) is 21.9. The van der Waals surface area contributed by atoms with E-state index in [1.165, 1.54) is 5.56 Å². The number of amides is 1. The number of aryl methyl sites for hydroxylation is 1. The molecule has 0 unspecified atom stereocenters. The van der Waals surface area contributed by atoms with Crippen LogP contribution in [0.25, 0.3) is 0 Å². The van der Waals surface area contributed by atoms with E-state index < -0.39 is 0 Å². The van der Waals surface area contributed by atoms with E-state index in [2.05, 4.69) is 30.0 Å². The number of likely N-dealkylation sites (N-methyl/N-ethyl adjacent to an activating group) is 1. The molecule has 0 aliphatic carbocycles. The second-order valence-electron chi connectivity index (χ2n) is 7.72. The van der Waals surface area contributed by atoms with Gasteiger partial charge in [0.15, 0.2) is 0 Å². The second kappa shape index (κ2) is 7.24. The van der Waals surface area contributed by atoms with Crippen LogP contribution in [-0.4, -0.2) is 56.1 Å². The Labute approximate surface area is 145 Å². The highest BCUT2D eigenvalue weighted by Gasteiger charge is 2.38. The molecule has 2 aliphatic rings. The Morgan fingerprint density at radius 3 is 2.42 bits per heavy atom. The van der Waals surface area contributed by atoms with Crippen molar-refractivity contribution in [2.45, 2.75) is 38.6 Å². The first-order valence-corrected chi connectivity index (χ1v) is 9.10. The number of piperidine rings is 1. The minimum Gasteiger partial charge on any atom is -0.381 e. The summed E-state index contributed by atoms with van der Waals surface area (Å²) in [6, 6.07) is 8.14. The van der Waals surface area contributed by atoms with Crippen LogP contribution in [0, 0.1) is 12.3 Å². The SMILES string of the molecule is Cc1cccc([C@H](C(=O)N2CCC3(CCOCC3)CC2)N(C)C)c1. The molecule has 132 valence electrons. The minimum atomic E-state index is -0.186. The number of hydrogen-bond acceptors (Lipinski definition) is 3. The van der Waals surface area contributed by atoms with Gasteiger partial charge in [0.05, 0.1) is 0 Å². The highest BCUT2D eigenvalue weighted by atomic mass is 16.5. The summed E-state index contributed by atoms with van der Waals surface area (Å²) >= 11 is 0. The standard InChI is InChI=1S/C20H30N2O2/c1-16-5-4-6-17(15-16)18(21(2)3)19(23)22-11-7-20(8-12-22)9-13-24-14-10-20/h4-6,15,18H,7-14H2,1-3H3/t18-/m1/s1. The summed E-state index contributed by atoms with van der Waals surface area (Å²) in [5.74, 6) is 0.243. The molecule has 1 aromatic rings. The predicted octanol–water partition coefficient (Wildman–Crippen LogP) is 3.02. The van der Waals surface area contributed by atoms with Gasteiger partial charge in [-0.05, 0) is 57.7 Å². The third-order valence-electron chi connectivity index (χ3n) is 5.80. The minimum absolute atomic E-state index is 0.186. The molecular weight excluding hydrogens is 300 g/mol. The van der Waals surface area contributed by atoms with Gasteiger partial charge < -0.3 is 9.64 Å². The average Bonchev–Trinajstić information content (AvgIpc) is 2.56. The summed E-state index contributed by atoms with van der Waals surface area (Å²) in [4.78, 5) is 17.3. The van der Waals surface area contributed by atoms with Crippen LogP contribution in [-0.2, 0) is 9.53 Å². The van der Waals surface area contributed by atoms with Crippen LogP contribution in [0.1, 0.15) is 42.9 Å². The van der Waals surface area contributed by atoms with E-state index in [0.717, 1.165) is 57.6 Å². The Bertz CT molecular complexity index is 569. The lowest BCUT2D eigenvalue weighted by Gasteiger charge is -2.45. The Balaban J connectivity index is 1.70. The zero-order chi connectivity index (χ0) is 17.2. The third kappa shape index (κ3) is 3.65. The molecular formula is C20H30N2O2. The molecule has 24 heavy (non-hydrogen) atoms. The molecule has 1 atom stereocenters. The first-order chi connectivity index (χ1) is 11.5. The molecule has 2 heterocycles. The largest absolute Gasteiger partial charge is 0.381 e. The lowest BCUT2D eigenvalue weighted by molar-refractivity contribution is -0.139. The number of carbonyl (C=O) groups is 1. The number of nitrogens with zero attached hydrogens (tertiary/aromatic N) is 2. The first-order valence-electron chi connectivity index (χ1n) is 9.10. The van der Waals surface area contributed by atoms with Gasteiger partial charge in [-0.25, -0.2) is 0 Å². The van der Waals surface area contributed by atoms with Crippen molar-refractivity contribution in [2.24, 2.45) is 5.41 Å². The summed E-state index contributed by atoms with van der Waals surface area (Å²) in [7, 11) is 3.99. The number of carbonyl (C=O) groups excluding carboxylic acids is 1. The third-order valence-corrected chi connectivity index (χ3v) is 5.80.